The number of carbonyl (C=O) groups is 1. The van der Waals surface area contributed by atoms with E-state index in [2.05, 4.69) is 0 Å². The van der Waals surface area contributed by atoms with Gasteiger partial charge in [0.2, 0.25) is 0 Å². The molecule has 1 amide bonds. The van der Waals surface area contributed by atoms with Crippen molar-refractivity contribution in [2.75, 3.05) is 7.05 Å². The van der Waals surface area contributed by atoms with E-state index in [0.29, 0.717) is 6.42 Å². The van der Waals surface area contributed by atoms with Crippen LogP contribution in [0.2, 0.25) is 0 Å². The fraction of sp³-hybridized carbons (Fsp3) is 0.235. The first-order chi connectivity index (χ1) is 10.1. The number of hydrogen-bond acceptors (Lipinski definition) is 2. The molecule has 0 bridgehead atoms. The maximum atomic E-state index is 10.9. The molecule has 4 heteroatoms. The molecule has 0 saturated heterocycles. The van der Waals surface area contributed by atoms with Gasteiger partial charge in [-0.05, 0) is 43.2 Å². The van der Waals surface area contributed by atoms with Crippen LogP contribution in [0.3, 0.4) is 0 Å². The van der Waals surface area contributed by atoms with Gasteiger partial charge in [-0.25, -0.2) is 4.79 Å². The molecule has 0 unspecified atom stereocenters. The predicted molar refractivity (Wildman–Crippen MR) is 81.9 cm³/mol. The quantitative estimate of drug-likeness (QED) is 0.902. The number of para-hydroxylation sites is 1. The van der Waals surface area contributed by atoms with Crippen molar-refractivity contribution in [2.24, 2.45) is 0 Å². The molecule has 0 saturated carbocycles. The van der Waals surface area contributed by atoms with Gasteiger partial charge >= 0.3 is 6.09 Å². The largest absolute Gasteiger partial charge is 0.465 e. The highest BCUT2D eigenvalue weighted by atomic mass is 16.5. The lowest BCUT2D eigenvalue weighted by Gasteiger charge is -2.21. The maximum absolute atomic E-state index is 10.9. The number of ether oxygens (including phenoxy) is 1. The molecule has 2 aromatic rings. The van der Waals surface area contributed by atoms with Gasteiger partial charge < -0.3 is 14.7 Å². The van der Waals surface area contributed by atoms with Crippen LogP contribution in [0.25, 0.3) is 0 Å². The molecule has 1 N–H and O–H groups in total. The first-order valence-corrected chi connectivity index (χ1v) is 6.84. The molecule has 1 atom stereocenters. The van der Waals surface area contributed by atoms with Crippen LogP contribution in [0.5, 0.6) is 11.5 Å². The smallest absolute Gasteiger partial charge is 0.407 e. The van der Waals surface area contributed by atoms with E-state index in [1.165, 1.54) is 4.90 Å². The first kappa shape index (κ1) is 14.9. The Morgan fingerprint density at radius 3 is 2.24 bits per heavy atom. The third kappa shape index (κ3) is 4.24. The summed E-state index contributed by atoms with van der Waals surface area (Å²) >= 11 is 0. The van der Waals surface area contributed by atoms with Crippen molar-refractivity contribution < 1.29 is 14.6 Å². The van der Waals surface area contributed by atoms with Gasteiger partial charge in [-0.2, -0.15) is 0 Å². The third-order valence-corrected chi connectivity index (χ3v) is 3.40. The summed E-state index contributed by atoms with van der Waals surface area (Å²) in [5.74, 6) is 1.56. The van der Waals surface area contributed by atoms with E-state index in [9.17, 15) is 4.79 Å². The molecule has 0 aromatic heterocycles. The summed E-state index contributed by atoms with van der Waals surface area (Å²) in [4.78, 5) is 12.2. The van der Waals surface area contributed by atoms with Crippen molar-refractivity contribution in [3.8, 4) is 11.5 Å². The van der Waals surface area contributed by atoms with Crippen molar-refractivity contribution >= 4 is 6.09 Å². The molecule has 0 aliphatic rings. The Kier molecular flexibility index (Phi) is 4.82. The second kappa shape index (κ2) is 6.79. The fourth-order valence-corrected chi connectivity index (χ4v) is 1.98. The highest BCUT2D eigenvalue weighted by Gasteiger charge is 2.14. The molecular weight excluding hydrogens is 266 g/mol. The lowest BCUT2D eigenvalue weighted by molar-refractivity contribution is 0.141. The molecule has 0 fully saturated rings. The second-order valence-electron chi connectivity index (χ2n) is 5.01. The van der Waals surface area contributed by atoms with Gasteiger partial charge in [0.1, 0.15) is 11.5 Å². The maximum Gasteiger partial charge on any atom is 0.407 e. The van der Waals surface area contributed by atoms with Crippen LogP contribution in [0.15, 0.2) is 54.6 Å². The average molecular weight is 285 g/mol. The Hall–Kier alpha value is -2.49. The van der Waals surface area contributed by atoms with Gasteiger partial charge in [0.15, 0.2) is 0 Å². The van der Waals surface area contributed by atoms with Gasteiger partial charge in [-0.15, -0.1) is 0 Å². The minimum Gasteiger partial charge on any atom is -0.465 e. The number of benzene rings is 2. The number of rotatable bonds is 5. The van der Waals surface area contributed by atoms with Gasteiger partial charge in [0.25, 0.3) is 0 Å². The monoisotopic (exact) mass is 285 g/mol. The second-order valence-corrected chi connectivity index (χ2v) is 5.01. The number of amides is 1. The molecule has 0 spiro atoms. The summed E-state index contributed by atoms with van der Waals surface area (Å²) < 4.78 is 5.72. The summed E-state index contributed by atoms with van der Waals surface area (Å²) in [5.41, 5.74) is 1.08. The fourth-order valence-electron chi connectivity index (χ4n) is 1.98. The molecule has 0 aliphatic heterocycles. The Morgan fingerprint density at radius 2 is 1.67 bits per heavy atom. The minimum atomic E-state index is -0.911. The topological polar surface area (TPSA) is 49.8 Å². The highest BCUT2D eigenvalue weighted by molar-refractivity contribution is 5.64. The molecule has 21 heavy (non-hydrogen) atoms. The van der Waals surface area contributed by atoms with E-state index in [-0.39, 0.29) is 6.04 Å². The summed E-state index contributed by atoms with van der Waals surface area (Å²) in [7, 11) is 1.58. The van der Waals surface area contributed by atoms with E-state index < -0.39 is 6.09 Å². The van der Waals surface area contributed by atoms with Crippen molar-refractivity contribution in [1.29, 1.82) is 0 Å². The van der Waals surface area contributed by atoms with Crippen LogP contribution in [-0.2, 0) is 6.42 Å². The zero-order valence-electron chi connectivity index (χ0n) is 12.2. The lowest BCUT2D eigenvalue weighted by atomic mass is 10.1. The standard InChI is InChI=1S/C17H19NO3/c1-13(18(2)17(19)20)12-14-8-10-16(11-9-14)21-15-6-4-3-5-7-15/h3-11,13H,12H2,1-2H3,(H,19,20)/t13-/m1/s1. The SMILES string of the molecule is C[C@H](Cc1ccc(Oc2ccccc2)cc1)N(C)C(=O)O. The Balaban J connectivity index is 1.97. The van der Waals surface area contributed by atoms with Gasteiger partial charge in [-0.1, -0.05) is 30.3 Å². The Bertz CT molecular complexity index is 581. The Labute approximate surface area is 124 Å². The zero-order chi connectivity index (χ0) is 15.2. The van der Waals surface area contributed by atoms with Gasteiger partial charge in [0.05, 0.1) is 0 Å². The molecule has 0 aliphatic carbocycles. The number of hydrogen-bond donors (Lipinski definition) is 1. The highest BCUT2D eigenvalue weighted by Crippen LogP contribution is 2.21. The molecule has 110 valence electrons. The summed E-state index contributed by atoms with van der Waals surface area (Å²) in [6, 6.07) is 17.2. The van der Waals surface area contributed by atoms with E-state index >= 15 is 0 Å². The molecule has 0 heterocycles. The Morgan fingerprint density at radius 1 is 1.10 bits per heavy atom. The molecule has 0 radical (unpaired) electrons. The van der Waals surface area contributed by atoms with Gasteiger partial charge in [0, 0.05) is 13.1 Å². The average Bonchev–Trinajstić information content (AvgIpc) is 2.49. The van der Waals surface area contributed by atoms with Crippen LogP contribution >= 0.6 is 0 Å². The number of nitrogens with zero attached hydrogens (tertiary/aromatic N) is 1. The van der Waals surface area contributed by atoms with E-state index in [4.69, 9.17) is 9.84 Å². The molecule has 2 rings (SSSR count). The van der Waals surface area contributed by atoms with Crippen LogP contribution in [0, 0.1) is 0 Å². The van der Waals surface area contributed by atoms with E-state index in [0.717, 1.165) is 17.1 Å². The van der Waals surface area contributed by atoms with Crippen LogP contribution in [0.4, 0.5) is 4.79 Å². The molecule has 4 nitrogen and oxygen atoms in total. The molecular formula is C17H19NO3. The predicted octanol–water partition coefficient (Wildman–Crippen LogP) is 4.02. The van der Waals surface area contributed by atoms with Crippen molar-refractivity contribution in [1.82, 2.24) is 4.90 Å². The number of carboxylic acid groups (broad SMARTS) is 1. The van der Waals surface area contributed by atoms with Crippen LogP contribution in [0.1, 0.15) is 12.5 Å². The summed E-state index contributed by atoms with van der Waals surface area (Å²) in [5, 5.41) is 8.94. The zero-order valence-corrected chi connectivity index (χ0v) is 12.2. The van der Waals surface area contributed by atoms with Crippen molar-refractivity contribution in [3.63, 3.8) is 0 Å². The first-order valence-electron chi connectivity index (χ1n) is 6.84. The molecule has 2 aromatic carbocycles. The number of likely N-dealkylation sites (N-methyl/N-ethyl adjacent to an activating group) is 1. The normalized spacial score (nSPS) is 11.7. The van der Waals surface area contributed by atoms with E-state index in [1.54, 1.807) is 7.05 Å². The minimum absolute atomic E-state index is 0.0663. The summed E-state index contributed by atoms with van der Waals surface area (Å²) in [6.45, 7) is 1.89. The van der Waals surface area contributed by atoms with E-state index in [1.807, 2.05) is 61.5 Å². The third-order valence-electron chi connectivity index (χ3n) is 3.40. The lowest BCUT2D eigenvalue weighted by Crippen LogP contribution is -2.35. The van der Waals surface area contributed by atoms with Crippen molar-refractivity contribution in [2.45, 2.75) is 19.4 Å². The van der Waals surface area contributed by atoms with Crippen molar-refractivity contribution in [3.05, 3.63) is 60.2 Å². The summed E-state index contributed by atoms with van der Waals surface area (Å²) in [6.07, 6.45) is -0.236. The van der Waals surface area contributed by atoms with Crippen LogP contribution < -0.4 is 4.74 Å². The van der Waals surface area contributed by atoms with Gasteiger partial charge in [-0.3, -0.25) is 0 Å². The van der Waals surface area contributed by atoms with Crippen LogP contribution in [-0.4, -0.2) is 29.2 Å².